The fraction of sp³-hybridized carbons (Fsp3) is 0.680. The maximum absolute atomic E-state index is 13.6. The van der Waals surface area contributed by atoms with Gasteiger partial charge in [-0.1, -0.05) is 41.2 Å². The van der Waals surface area contributed by atoms with Crippen LogP contribution in [0.5, 0.6) is 0 Å². The largest absolute Gasteiger partial charge is 0.471 e. The van der Waals surface area contributed by atoms with Gasteiger partial charge >= 0.3 is 12.1 Å². The summed E-state index contributed by atoms with van der Waals surface area (Å²) in [4.78, 5) is 63.1. The first kappa shape index (κ1) is 29.1. The SMILES string of the molecule is C=C(C(=O)N[C@H](C#N)C[C@@H]1CC(=O)NC1=O)[C@@H]1[C@@H]2[C@H](CN1C(=O)[C@@H](NC(=O)C(F)(F)F)C(C)(C)C)C2(C)C. The zero-order valence-corrected chi connectivity index (χ0v) is 21.9. The van der Waals surface area contributed by atoms with Gasteiger partial charge in [-0.3, -0.25) is 29.3 Å². The monoisotopic (exact) mass is 539 g/mol. The van der Waals surface area contributed by atoms with E-state index in [1.807, 2.05) is 25.2 Å². The third-order valence-corrected chi connectivity index (χ3v) is 7.83. The summed E-state index contributed by atoms with van der Waals surface area (Å²) < 4.78 is 39.0. The second-order valence-corrected chi connectivity index (χ2v) is 11.9. The average molecular weight is 540 g/mol. The molecule has 3 N–H and O–H groups in total. The lowest BCUT2D eigenvalue weighted by atomic mass is 9.84. The molecule has 5 amide bonds. The van der Waals surface area contributed by atoms with Crippen LogP contribution in [-0.4, -0.2) is 65.3 Å². The van der Waals surface area contributed by atoms with Gasteiger partial charge in [-0.25, -0.2) is 0 Å². The summed E-state index contributed by atoms with van der Waals surface area (Å²) in [6.45, 7) is 12.5. The number of rotatable bonds is 7. The Kier molecular flexibility index (Phi) is 7.44. The van der Waals surface area contributed by atoms with Gasteiger partial charge in [-0.05, 0) is 29.1 Å². The first-order chi connectivity index (χ1) is 17.3. The standard InChI is InChI=1S/C25H32F3N5O5/c1-11(19(35)30-13(9-29)7-12-8-15(34)31-20(12)36)17-16-14(24(16,5)6)10-33(17)21(37)18(23(2,3)4)32-22(38)25(26,27)28/h12-14,16-18H,1,7-8,10H2,2-6H3,(H,30,35)(H,32,38)(H,31,34,36)/t12-,13+,14+,16+,17-,18-/m1/s1. The highest BCUT2D eigenvalue weighted by Gasteiger charge is 2.69. The second-order valence-electron chi connectivity index (χ2n) is 11.9. The molecule has 0 bridgehead atoms. The van der Waals surface area contributed by atoms with Crippen molar-refractivity contribution in [1.82, 2.24) is 20.9 Å². The maximum Gasteiger partial charge on any atom is 0.471 e. The lowest BCUT2D eigenvalue weighted by Crippen LogP contribution is -2.59. The highest BCUT2D eigenvalue weighted by atomic mass is 19.4. The van der Waals surface area contributed by atoms with E-state index in [1.54, 1.807) is 0 Å². The lowest BCUT2D eigenvalue weighted by molar-refractivity contribution is -0.176. The number of piperidine rings is 1. The number of fused-ring (bicyclic) bond motifs is 1. The number of nitrogens with zero attached hydrogens (tertiary/aromatic N) is 2. The number of amides is 5. The smallest absolute Gasteiger partial charge is 0.336 e. The van der Waals surface area contributed by atoms with Gasteiger partial charge in [0.25, 0.3) is 0 Å². The van der Waals surface area contributed by atoms with Crippen molar-refractivity contribution in [2.75, 3.05) is 6.54 Å². The summed E-state index contributed by atoms with van der Waals surface area (Å²) in [5.41, 5.74) is -1.41. The topological polar surface area (TPSA) is 148 Å². The molecule has 0 aromatic rings. The van der Waals surface area contributed by atoms with E-state index in [2.05, 4.69) is 17.2 Å². The average Bonchev–Trinajstić information content (AvgIpc) is 3.09. The third kappa shape index (κ3) is 5.54. The molecule has 3 rings (SSSR count). The van der Waals surface area contributed by atoms with E-state index >= 15 is 0 Å². The van der Waals surface area contributed by atoms with Gasteiger partial charge < -0.3 is 15.5 Å². The van der Waals surface area contributed by atoms with Crippen molar-refractivity contribution in [3.8, 4) is 6.07 Å². The third-order valence-electron chi connectivity index (χ3n) is 7.83. The molecule has 38 heavy (non-hydrogen) atoms. The number of alkyl halides is 3. The minimum Gasteiger partial charge on any atom is -0.336 e. The molecule has 3 fully saturated rings. The van der Waals surface area contributed by atoms with Crippen LogP contribution in [0.4, 0.5) is 13.2 Å². The Balaban J connectivity index is 1.80. The second kappa shape index (κ2) is 9.71. The number of imide groups is 1. The molecular weight excluding hydrogens is 507 g/mol. The highest BCUT2D eigenvalue weighted by molar-refractivity contribution is 6.03. The van der Waals surface area contributed by atoms with Crippen LogP contribution in [0.15, 0.2) is 12.2 Å². The predicted molar refractivity (Wildman–Crippen MR) is 126 cm³/mol. The minimum absolute atomic E-state index is 0.0418. The maximum atomic E-state index is 13.6. The molecule has 1 saturated carbocycles. The number of carbonyl (C=O) groups is 5. The molecule has 0 radical (unpaired) electrons. The first-order valence-corrected chi connectivity index (χ1v) is 12.2. The Morgan fingerprint density at radius 1 is 1.21 bits per heavy atom. The molecule has 2 aliphatic heterocycles. The van der Waals surface area contributed by atoms with Crippen molar-refractivity contribution in [2.45, 2.75) is 71.8 Å². The molecule has 208 valence electrons. The summed E-state index contributed by atoms with van der Waals surface area (Å²) in [6.07, 6.45) is -5.39. The Labute approximate surface area is 218 Å². The Hall–Kier alpha value is -3.43. The highest BCUT2D eigenvalue weighted by Crippen LogP contribution is 2.66. The molecule has 0 aromatic heterocycles. The van der Waals surface area contributed by atoms with Crippen molar-refractivity contribution >= 4 is 29.5 Å². The molecular formula is C25H32F3N5O5. The van der Waals surface area contributed by atoms with Crippen LogP contribution < -0.4 is 16.0 Å². The Morgan fingerprint density at radius 2 is 1.82 bits per heavy atom. The van der Waals surface area contributed by atoms with Crippen LogP contribution in [-0.2, 0) is 24.0 Å². The fourth-order valence-corrected chi connectivity index (χ4v) is 5.55. The number of nitriles is 1. The van der Waals surface area contributed by atoms with Crippen molar-refractivity contribution in [1.29, 1.82) is 5.26 Å². The number of carbonyl (C=O) groups excluding carboxylic acids is 5. The molecule has 1 aliphatic carbocycles. The van der Waals surface area contributed by atoms with Crippen molar-refractivity contribution < 1.29 is 37.1 Å². The number of likely N-dealkylation sites (tertiary alicyclic amines) is 1. The van der Waals surface area contributed by atoms with Crippen LogP contribution >= 0.6 is 0 Å². The number of halogens is 3. The van der Waals surface area contributed by atoms with Crippen molar-refractivity contribution in [3.63, 3.8) is 0 Å². The lowest BCUT2D eigenvalue weighted by Gasteiger charge is -2.38. The van der Waals surface area contributed by atoms with Crippen LogP contribution in [0.2, 0.25) is 0 Å². The van der Waals surface area contributed by atoms with Gasteiger partial charge in [0, 0.05) is 18.5 Å². The Morgan fingerprint density at radius 3 is 2.29 bits per heavy atom. The minimum atomic E-state index is -5.19. The number of nitrogens with one attached hydrogen (secondary N) is 3. The van der Waals surface area contributed by atoms with E-state index in [4.69, 9.17) is 0 Å². The quantitative estimate of drug-likeness (QED) is 0.327. The first-order valence-electron chi connectivity index (χ1n) is 12.2. The summed E-state index contributed by atoms with van der Waals surface area (Å²) in [5, 5.41) is 16.0. The van der Waals surface area contributed by atoms with Gasteiger partial charge in [0.15, 0.2) is 0 Å². The zero-order chi connectivity index (χ0) is 29.0. The van der Waals surface area contributed by atoms with Crippen molar-refractivity contribution in [2.24, 2.45) is 28.6 Å². The molecule has 2 saturated heterocycles. The zero-order valence-electron chi connectivity index (χ0n) is 21.9. The van der Waals surface area contributed by atoms with E-state index in [-0.39, 0.29) is 42.2 Å². The van der Waals surface area contributed by atoms with E-state index < -0.39 is 65.2 Å². The molecule has 0 unspecified atom stereocenters. The molecule has 10 nitrogen and oxygen atoms in total. The molecule has 0 aromatic carbocycles. The fourth-order valence-electron chi connectivity index (χ4n) is 5.55. The molecule has 2 heterocycles. The summed E-state index contributed by atoms with van der Waals surface area (Å²) in [6, 6.07) is -1.63. The summed E-state index contributed by atoms with van der Waals surface area (Å²) in [5.74, 6) is -5.79. The van der Waals surface area contributed by atoms with Gasteiger partial charge in [-0.2, -0.15) is 18.4 Å². The van der Waals surface area contributed by atoms with E-state index in [0.717, 1.165) is 0 Å². The predicted octanol–water partition coefficient (Wildman–Crippen LogP) is 1.18. The molecule has 3 aliphatic rings. The van der Waals surface area contributed by atoms with Gasteiger partial charge in [-0.15, -0.1) is 0 Å². The van der Waals surface area contributed by atoms with Crippen LogP contribution in [0.1, 0.15) is 47.5 Å². The molecule has 0 spiro atoms. The van der Waals surface area contributed by atoms with Crippen LogP contribution in [0.25, 0.3) is 0 Å². The van der Waals surface area contributed by atoms with E-state index in [9.17, 15) is 42.4 Å². The van der Waals surface area contributed by atoms with Gasteiger partial charge in [0.2, 0.25) is 23.6 Å². The Bertz CT molecular complexity index is 1120. The number of hydrogen-bond acceptors (Lipinski definition) is 6. The molecule has 6 atom stereocenters. The summed E-state index contributed by atoms with van der Waals surface area (Å²) in [7, 11) is 0. The number of hydrogen-bond donors (Lipinski definition) is 3. The van der Waals surface area contributed by atoms with Crippen molar-refractivity contribution in [3.05, 3.63) is 12.2 Å². The molecule has 13 heteroatoms. The van der Waals surface area contributed by atoms with Gasteiger partial charge in [0.1, 0.15) is 12.1 Å². The van der Waals surface area contributed by atoms with E-state index in [0.29, 0.717) is 0 Å². The van der Waals surface area contributed by atoms with Gasteiger partial charge in [0.05, 0.1) is 18.0 Å². The van der Waals surface area contributed by atoms with Crippen LogP contribution in [0.3, 0.4) is 0 Å². The summed E-state index contributed by atoms with van der Waals surface area (Å²) >= 11 is 0. The van der Waals surface area contributed by atoms with Crippen LogP contribution in [0, 0.1) is 39.9 Å². The van der Waals surface area contributed by atoms with E-state index in [1.165, 1.54) is 25.7 Å². The normalized spacial score (nSPS) is 27.5.